The van der Waals surface area contributed by atoms with Crippen LogP contribution >= 0.6 is 0 Å². The standard InChI is InChI=1S/C22H24N6O2S/c1-2-16-10-17(18-6-8-20(12-23)24-13-18)7-9-22(16)31(29,30)27-19-4-3-5-21(11-19)28-14-25-26-15-28/h6-10,13-15,19,21,27H,2-5,11H2,1H3/t19-,21+/m0/s1. The lowest BCUT2D eigenvalue weighted by atomic mass is 9.91. The highest BCUT2D eigenvalue weighted by Gasteiger charge is 2.28. The van der Waals surface area contributed by atoms with Gasteiger partial charge in [0.25, 0.3) is 0 Å². The van der Waals surface area contributed by atoms with Crippen LogP contribution in [0.15, 0.2) is 54.1 Å². The van der Waals surface area contributed by atoms with E-state index in [2.05, 4.69) is 19.9 Å². The number of nitrogens with zero attached hydrogens (tertiary/aromatic N) is 5. The minimum Gasteiger partial charge on any atom is -0.317 e. The molecule has 0 bridgehead atoms. The molecular formula is C22H24N6O2S. The molecule has 160 valence electrons. The van der Waals surface area contributed by atoms with E-state index >= 15 is 0 Å². The molecule has 1 aliphatic carbocycles. The van der Waals surface area contributed by atoms with Crippen molar-refractivity contribution in [1.82, 2.24) is 24.5 Å². The first-order chi connectivity index (χ1) is 15.0. The average Bonchev–Trinajstić information content (AvgIpc) is 3.34. The highest BCUT2D eigenvalue weighted by Crippen LogP contribution is 2.30. The third-order valence-corrected chi connectivity index (χ3v) is 7.39. The Labute approximate surface area is 182 Å². The molecular weight excluding hydrogens is 412 g/mol. The Morgan fingerprint density at radius 3 is 2.61 bits per heavy atom. The van der Waals surface area contributed by atoms with Gasteiger partial charge in [-0.2, -0.15) is 5.26 Å². The zero-order valence-electron chi connectivity index (χ0n) is 17.3. The van der Waals surface area contributed by atoms with Crippen LogP contribution in [0.3, 0.4) is 0 Å². The second-order valence-corrected chi connectivity index (χ2v) is 9.45. The van der Waals surface area contributed by atoms with Crippen molar-refractivity contribution in [2.75, 3.05) is 0 Å². The van der Waals surface area contributed by atoms with E-state index in [1.807, 2.05) is 29.7 Å². The van der Waals surface area contributed by atoms with Crippen molar-refractivity contribution in [2.24, 2.45) is 0 Å². The van der Waals surface area contributed by atoms with Gasteiger partial charge in [-0.05, 0) is 67.5 Å². The topological polar surface area (TPSA) is 114 Å². The number of rotatable bonds is 6. The molecule has 3 aromatic rings. The molecule has 0 unspecified atom stereocenters. The third kappa shape index (κ3) is 4.65. The first-order valence-corrected chi connectivity index (χ1v) is 11.8. The Morgan fingerprint density at radius 1 is 1.16 bits per heavy atom. The number of hydrogen-bond donors (Lipinski definition) is 1. The fourth-order valence-electron chi connectivity index (χ4n) is 4.15. The first kappa shape index (κ1) is 21.2. The molecule has 1 fully saturated rings. The summed E-state index contributed by atoms with van der Waals surface area (Å²) in [6.45, 7) is 1.94. The Morgan fingerprint density at radius 2 is 1.94 bits per heavy atom. The number of aromatic nitrogens is 4. The Balaban J connectivity index is 1.55. The van der Waals surface area contributed by atoms with Crippen LogP contribution in [-0.2, 0) is 16.4 Å². The fraction of sp³-hybridized carbons (Fsp3) is 0.364. The van der Waals surface area contributed by atoms with Gasteiger partial charge < -0.3 is 4.57 Å². The van der Waals surface area contributed by atoms with E-state index in [4.69, 9.17) is 5.26 Å². The summed E-state index contributed by atoms with van der Waals surface area (Å²) >= 11 is 0. The minimum absolute atomic E-state index is 0.127. The molecule has 2 atom stereocenters. The predicted molar refractivity (Wildman–Crippen MR) is 115 cm³/mol. The predicted octanol–water partition coefficient (Wildman–Crippen LogP) is 3.24. The van der Waals surface area contributed by atoms with Gasteiger partial charge in [0.1, 0.15) is 24.4 Å². The molecule has 1 saturated carbocycles. The van der Waals surface area contributed by atoms with Gasteiger partial charge >= 0.3 is 0 Å². The van der Waals surface area contributed by atoms with Crippen LogP contribution in [0.5, 0.6) is 0 Å². The number of hydrogen-bond acceptors (Lipinski definition) is 6. The summed E-state index contributed by atoms with van der Waals surface area (Å²) in [6, 6.07) is 10.9. The lowest BCUT2D eigenvalue weighted by molar-refractivity contribution is 0.305. The summed E-state index contributed by atoms with van der Waals surface area (Å²) in [7, 11) is -3.65. The number of aryl methyl sites for hydroxylation is 1. The maximum absolute atomic E-state index is 13.2. The monoisotopic (exact) mass is 436 g/mol. The molecule has 0 aliphatic heterocycles. The zero-order chi connectivity index (χ0) is 21.8. The maximum Gasteiger partial charge on any atom is 0.241 e. The van der Waals surface area contributed by atoms with Crippen molar-refractivity contribution in [3.63, 3.8) is 0 Å². The molecule has 2 heterocycles. The third-order valence-electron chi connectivity index (χ3n) is 5.77. The van der Waals surface area contributed by atoms with Gasteiger partial charge in [-0.15, -0.1) is 10.2 Å². The highest BCUT2D eigenvalue weighted by molar-refractivity contribution is 7.89. The molecule has 9 heteroatoms. The largest absolute Gasteiger partial charge is 0.317 e. The van der Waals surface area contributed by atoms with E-state index in [9.17, 15) is 8.42 Å². The Hall–Kier alpha value is -3.09. The van der Waals surface area contributed by atoms with Crippen molar-refractivity contribution >= 4 is 10.0 Å². The number of pyridine rings is 1. The number of sulfonamides is 1. The second-order valence-electron chi connectivity index (χ2n) is 7.77. The zero-order valence-corrected chi connectivity index (χ0v) is 18.1. The van der Waals surface area contributed by atoms with Crippen molar-refractivity contribution in [3.05, 3.63) is 60.4 Å². The molecule has 0 amide bonds. The van der Waals surface area contributed by atoms with Crippen molar-refractivity contribution < 1.29 is 8.42 Å². The van der Waals surface area contributed by atoms with E-state index < -0.39 is 10.0 Å². The maximum atomic E-state index is 13.2. The molecule has 31 heavy (non-hydrogen) atoms. The van der Waals surface area contributed by atoms with Crippen LogP contribution < -0.4 is 4.72 Å². The summed E-state index contributed by atoms with van der Waals surface area (Å²) in [4.78, 5) is 4.41. The molecule has 0 spiro atoms. The van der Waals surface area contributed by atoms with E-state index in [-0.39, 0.29) is 12.1 Å². The van der Waals surface area contributed by atoms with Crippen molar-refractivity contribution in [2.45, 2.75) is 56.0 Å². The second kappa shape index (κ2) is 8.96. The normalized spacial score (nSPS) is 19.1. The lowest BCUT2D eigenvalue weighted by Crippen LogP contribution is -2.39. The molecule has 1 N–H and O–H groups in total. The highest BCUT2D eigenvalue weighted by atomic mass is 32.2. The van der Waals surface area contributed by atoms with E-state index in [0.29, 0.717) is 23.4 Å². The van der Waals surface area contributed by atoms with Crippen molar-refractivity contribution in [3.8, 4) is 17.2 Å². The summed E-state index contributed by atoms with van der Waals surface area (Å²) in [5.41, 5.74) is 2.81. The average molecular weight is 437 g/mol. The Kier molecular flexibility index (Phi) is 6.11. The minimum atomic E-state index is -3.65. The molecule has 1 aromatic carbocycles. The molecule has 4 rings (SSSR count). The van der Waals surface area contributed by atoms with Gasteiger partial charge in [-0.25, -0.2) is 18.1 Å². The molecule has 0 saturated heterocycles. The SMILES string of the molecule is CCc1cc(-c2ccc(C#N)nc2)ccc1S(=O)(=O)N[C@H]1CCC[C@@H](n2cnnc2)C1. The van der Waals surface area contributed by atoms with Crippen LogP contribution in [0, 0.1) is 11.3 Å². The van der Waals surface area contributed by atoms with Crippen LogP contribution in [0.1, 0.15) is 49.9 Å². The van der Waals surface area contributed by atoms with Gasteiger partial charge in [-0.1, -0.05) is 13.0 Å². The molecule has 2 aromatic heterocycles. The lowest BCUT2D eigenvalue weighted by Gasteiger charge is -2.30. The fourth-order valence-corrected chi connectivity index (χ4v) is 5.73. The summed E-state index contributed by atoms with van der Waals surface area (Å²) in [5.74, 6) is 0. The molecule has 8 nitrogen and oxygen atoms in total. The number of benzene rings is 1. The van der Waals surface area contributed by atoms with Crippen LogP contribution in [-0.4, -0.2) is 34.2 Å². The van der Waals surface area contributed by atoms with Gasteiger partial charge in [-0.3, -0.25) is 0 Å². The van der Waals surface area contributed by atoms with E-state index in [1.54, 1.807) is 37.1 Å². The first-order valence-electron chi connectivity index (χ1n) is 10.4. The quantitative estimate of drug-likeness (QED) is 0.635. The van der Waals surface area contributed by atoms with E-state index in [0.717, 1.165) is 36.0 Å². The van der Waals surface area contributed by atoms with Gasteiger partial charge in [0.05, 0.1) is 4.90 Å². The summed E-state index contributed by atoms with van der Waals surface area (Å²) in [5, 5.41) is 16.6. The van der Waals surface area contributed by atoms with Gasteiger partial charge in [0, 0.05) is 23.8 Å². The van der Waals surface area contributed by atoms with Gasteiger partial charge in [0.15, 0.2) is 0 Å². The number of nitrogens with one attached hydrogen (secondary N) is 1. The Bertz CT molecular complexity index is 1180. The van der Waals surface area contributed by atoms with Gasteiger partial charge in [0.2, 0.25) is 10.0 Å². The van der Waals surface area contributed by atoms with Crippen molar-refractivity contribution in [1.29, 1.82) is 5.26 Å². The summed E-state index contributed by atoms with van der Waals surface area (Å²) < 4.78 is 31.3. The van der Waals surface area contributed by atoms with E-state index in [1.165, 1.54) is 0 Å². The number of nitriles is 1. The van der Waals surface area contributed by atoms with Crippen LogP contribution in [0.4, 0.5) is 0 Å². The van der Waals surface area contributed by atoms with Crippen LogP contribution in [0.25, 0.3) is 11.1 Å². The molecule has 0 radical (unpaired) electrons. The summed E-state index contributed by atoms with van der Waals surface area (Å²) in [6.07, 6.45) is 9.06. The molecule has 1 aliphatic rings. The smallest absolute Gasteiger partial charge is 0.241 e. The van der Waals surface area contributed by atoms with Crippen LogP contribution in [0.2, 0.25) is 0 Å².